The third-order valence-corrected chi connectivity index (χ3v) is 9.60. The lowest BCUT2D eigenvalue weighted by Gasteiger charge is -2.32. The van der Waals surface area contributed by atoms with Crippen LogP contribution >= 0.6 is 0 Å². The number of carboxylic acids is 1. The van der Waals surface area contributed by atoms with E-state index in [1.807, 2.05) is 0 Å². The summed E-state index contributed by atoms with van der Waals surface area (Å²) in [5.74, 6) is 0.527. The number of fused-ring (bicyclic) bond motifs is 2. The smallest absolute Gasteiger partial charge is 0.335 e. The molecular formula is C34H34FN5O6. The van der Waals surface area contributed by atoms with E-state index in [9.17, 15) is 14.3 Å². The molecule has 3 aliphatic rings. The second-order valence-electron chi connectivity index (χ2n) is 12.2. The average molecular weight is 628 g/mol. The number of rotatable bonds is 11. The van der Waals surface area contributed by atoms with Gasteiger partial charge in [-0.2, -0.15) is 5.26 Å². The molecule has 4 heterocycles. The van der Waals surface area contributed by atoms with E-state index >= 15 is 0 Å². The highest BCUT2D eigenvalue weighted by atomic mass is 19.1. The molecular weight excluding hydrogens is 593 g/mol. The summed E-state index contributed by atoms with van der Waals surface area (Å²) in [7, 11) is 3.04. The number of aromatic nitrogens is 3. The van der Waals surface area contributed by atoms with Crippen molar-refractivity contribution < 1.29 is 33.2 Å². The van der Waals surface area contributed by atoms with Crippen molar-refractivity contribution in [3.63, 3.8) is 0 Å². The van der Waals surface area contributed by atoms with Crippen LogP contribution < -0.4 is 14.2 Å². The lowest BCUT2D eigenvalue weighted by atomic mass is 9.91. The van der Waals surface area contributed by atoms with Crippen LogP contribution in [0.15, 0.2) is 42.5 Å². The number of pyridine rings is 1. The second-order valence-corrected chi connectivity index (χ2v) is 12.2. The molecule has 2 aromatic heterocycles. The number of carbonyl (C=O) groups is 1. The Labute approximate surface area is 265 Å². The average Bonchev–Trinajstić information content (AvgIpc) is 3.68. The molecule has 0 radical (unpaired) electrons. The Hall–Kier alpha value is -4.73. The Morgan fingerprint density at radius 3 is 2.70 bits per heavy atom. The number of imidazole rings is 1. The summed E-state index contributed by atoms with van der Waals surface area (Å²) in [5.41, 5.74) is 3.38. The predicted molar refractivity (Wildman–Crippen MR) is 164 cm³/mol. The predicted octanol–water partition coefficient (Wildman–Crippen LogP) is 4.69. The van der Waals surface area contributed by atoms with Crippen molar-refractivity contribution in [1.82, 2.24) is 19.4 Å². The first-order valence-electron chi connectivity index (χ1n) is 15.3. The van der Waals surface area contributed by atoms with E-state index in [0.717, 1.165) is 56.0 Å². The van der Waals surface area contributed by atoms with Crippen LogP contribution in [0.2, 0.25) is 0 Å². The highest BCUT2D eigenvalue weighted by Crippen LogP contribution is 2.59. The van der Waals surface area contributed by atoms with E-state index in [2.05, 4.69) is 20.5 Å². The molecule has 11 nitrogen and oxygen atoms in total. The zero-order chi connectivity index (χ0) is 32.0. The van der Waals surface area contributed by atoms with Crippen molar-refractivity contribution in [2.24, 2.45) is 5.92 Å². The Balaban J connectivity index is 1.08. The third-order valence-electron chi connectivity index (χ3n) is 9.60. The van der Waals surface area contributed by atoms with Gasteiger partial charge in [-0.05, 0) is 68.1 Å². The van der Waals surface area contributed by atoms with E-state index in [1.54, 1.807) is 30.3 Å². The molecule has 2 saturated heterocycles. The van der Waals surface area contributed by atoms with Gasteiger partial charge in [-0.1, -0.05) is 6.07 Å². The van der Waals surface area contributed by atoms with Crippen molar-refractivity contribution in [1.29, 1.82) is 5.26 Å². The van der Waals surface area contributed by atoms with E-state index in [-0.39, 0.29) is 29.6 Å². The number of likely N-dealkylation sites (tertiary alicyclic amines) is 1. The van der Waals surface area contributed by atoms with Gasteiger partial charge < -0.3 is 28.6 Å². The highest BCUT2D eigenvalue weighted by Gasteiger charge is 2.58. The van der Waals surface area contributed by atoms with E-state index in [4.69, 9.17) is 29.2 Å². The zero-order valence-electron chi connectivity index (χ0n) is 25.7. The van der Waals surface area contributed by atoms with Crippen LogP contribution in [-0.4, -0.2) is 70.5 Å². The molecule has 3 atom stereocenters. The molecule has 2 aliphatic heterocycles. The third kappa shape index (κ3) is 5.39. The maximum Gasteiger partial charge on any atom is 0.335 e. The van der Waals surface area contributed by atoms with Gasteiger partial charge >= 0.3 is 5.97 Å². The molecule has 1 aliphatic carbocycles. The lowest BCUT2D eigenvalue weighted by Crippen LogP contribution is -2.37. The van der Waals surface area contributed by atoms with Gasteiger partial charge in [0.2, 0.25) is 0 Å². The summed E-state index contributed by atoms with van der Waals surface area (Å²) < 4.78 is 39.4. The van der Waals surface area contributed by atoms with Crippen LogP contribution in [0.25, 0.3) is 11.0 Å². The van der Waals surface area contributed by atoms with Gasteiger partial charge in [-0.3, -0.25) is 4.90 Å². The van der Waals surface area contributed by atoms with Gasteiger partial charge in [0.15, 0.2) is 5.82 Å². The minimum absolute atomic E-state index is 0.0482. The number of nitrogens with zero attached hydrogens (tertiary/aromatic N) is 5. The first kappa shape index (κ1) is 30.0. The molecule has 0 bridgehead atoms. The van der Waals surface area contributed by atoms with Gasteiger partial charge in [0.05, 0.1) is 61.8 Å². The number of piperidine rings is 1. The lowest BCUT2D eigenvalue weighted by molar-refractivity contribution is -0.0592. The molecule has 46 heavy (non-hydrogen) atoms. The molecule has 3 unspecified atom stereocenters. The molecule has 7 rings (SSSR count). The second kappa shape index (κ2) is 11.9. The number of ether oxygens (including phenoxy) is 4. The normalized spacial score (nSPS) is 22.0. The molecule has 4 aromatic rings. The first-order valence-corrected chi connectivity index (χ1v) is 15.3. The standard InChI is InChI=1S/C34H34FN5O6/c1-43-27-11-20(15-36)3-4-21(27)19-46-32-25(35)5-6-29(37-32)34-8-9-39(16-23(34)14-34)18-30-38-31-26(40(30)17-24-7-10-45-24)12-22(33(41)42)13-28(31)44-2/h3-6,11-13,23-24H,7-10,14,16-19H2,1-2H3,(H,41,42). The van der Waals surface area contributed by atoms with Crippen molar-refractivity contribution in [3.8, 4) is 23.4 Å². The number of hydrogen-bond acceptors (Lipinski definition) is 9. The van der Waals surface area contributed by atoms with E-state index < -0.39 is 11.8 Å². The Kier molecular flexibility index (Phi) is 7.74. The van der Waals surface area contributed by atoms with Crippen LogP contribution in [0.1, 0.15) is 52.3 Å². The number of methoxy groups -OCH3 is 2. The van der Waals surface area contributed by atoms with Gasteiger partial charge in [-0.15, -0.1) is 0 Å². The van der Waals surface area contributed by atoms with Crippen molar-refractivity contribution >= 4 is 17.0 Å². The van der Waals surface area contributed by atoms with Crippen LogP contribution in [0, 0.1) is 23.1 Å². The van der Waals surface area contributed by atoms with Crippen molar-refractivity contribution in [2.45, 2.75) is 50.5 Å². The van der Waals surface area contributed by atoms with Gasteiger partial charge in [0.1, 0.15) is 29.4 Å². The fourth-order valence-electron chi connectivity index (χ4n) is 6.83. The monoisotopic (exact) mass is 627 g/mol. The topological polar surface area (TPSA) is 132 Å². The molecule has 12 heteroatoms. The largest absolute Gasteiger partial charge is 0.496 e. The molecule has 3 fully saturated rings. The number of carboxylic acid groups (broad SMARTS) is 1. The first-order chi connectivity index (χ1) is 22.3. The van der Waals surface area contributed by atoms with Gasteiger partial charge in [0, 0.05) is 24.1 Å². The minimum Gasteiger partial charge on any atom is -0.496 e. The molecule has 1 N–H and O–H groups in total. The quantitative estimate of drug-likeness (QED) is 0.250. The van der Waals surface area contributed by atoms with Gasteiger partial charge in [-0.25, -0.2) is 19.2 Å². The van der Waals surface area contributed by atoms with Gasteiger partial charge in [0.25, 0.3) is 5.88 Å². The number of hydrogen-bond donors (Lipinski definition) is 1. The van der Waals surface area contributed by atoms with Crippen molar-refractivity contribution in [3.05, 3.63) is 76.5 Å². The van der Waals surface area contributed by atoms with E-state index in [0.29, 0.717) is 47.2 Å². The van der Waals surface area contributed by atoms with Crippen LogP contribution in [-0.2, 0) is 29.8 Å². The molecule has 2 aromatic carbocycles. The molecule has 0 spiro atoms. The number of benzene rings is 2. The number of nitriles is 1. The number of halogens is 1. The highest BCUT2D eigenvalue weighted by molar-refractivity contribution is 5.95. The zero-order valence-corrected chi connectivity index (χ0v) is 25.7. The SMILES string of the molecule is COc1cc(C#N)ccc1COc1nc(C23CCN(Cc4nc5c(OC)cc(C(=O)O)cc5n4CC4CCO4)CC2C3)ccc1F. The fraction of sp³-hybridized carbons (Fsp3) is 0.412. The van der Waals surface area contributed by atoms with Crippen LogP contribution in [0.4, 0.5) is 4.39 Å². The van der Waals surface area contributed by atoms with Crippen molar-refractivity contribution in [2.75, 3.05) is 33.9 Å². The number of aromatic carboxylic acids is 1. The summed E-state index contributed by atoms with van der Waals surface area (Å²) in [6.07, 6.45) is 2.82. The Bertz CT molecular complexity index is 1870. The van der Waals surface area contributed by atoms with Crippen LogP contribution in [0.3, 0.4) is 0 Å². The Morgan fingerprint density at radius 2 is 2.00 bits per heavy atom. The summed E-state index contributed by atoms with van der Waals surface area (Å²) in [6, 6.07) is 13.5. The van der Waals surface area contributed by atoms with Crippen LogP contribution in [0.5, 0.6) is 17.4 Å². The summed E-state index contributed by atoms with van der Waals surface area (Å²) >= 11 is 0. The summed E-state index contributed by atoms with van der Waals surface area (Å²) in [6.45, 7) is 3.60. The minimum atomic E-state index is -1.02. The fourth-order valence-corrected chi connectivity index (χ4v) is 6.83. The molecule has 0 amide bonds. The summed E-state index contributed by atoms with van der Waals surface area (Å²) in [5, 5.41) is 18.9. The molecule has 1 saturated carbocycles. The van der Waals surface area contributed by atoms with E-state index in [1.165, 1.54) is 26.4 Å². The summed E-state index contributed by atoms with van der Waals surface area (Å²) in [4.78, 5) is 23.8. The Morgan fingerprint density at radius 1 is 1.17 bits per heavy atom. The maximum absolute atomic E-state index is 14.8. The maximum atomic E-state index is 14.8. The molecule has 238 valence electrons.